The standard InChI is InChI=1S/C8H11NO4.C4H4O4/c10-6-5-3-1-2-4-8(5,12)7(11)9(6)13;5-3(6)1-2-4(7)8/h5,12-13H,1-4H2;1-2H,(H,5,6)(H,7,8)/b;2-1-. The average Bonchev–Trinajstić information content (AvgIpc) is 2.59. The van der Waals surface area contributed by atoms with E-state index in [0.29, 0.717) is 18.6 Å². The van der Waals surface area contributed by atoms with E-state index in [1.165, 1.54) is 0 Å². The molecule has 9 heteroatoms. The van der Waals surface area contributed by atoms with Crippen LogP contribution in [0.4, 0.5) is 0 Å². The highest BCUT2D eigenvalue weighted by atomic mass is 16.5. The molecular formula is C12H15NO8. The molecule has 0 aromatic heterocycles. The Morgan fingerprint density at radius 2 is 1.67 bits per heavy atom. The van der Waals surface area contributed by atoms with E-state index in [-0.39, 0.29) is 11.5 Å². The maximum absolute atomic E-state index is 11.3. The molecule has 2 rings (SSSR count). The maximum Gasteiger partial charge on any atom is 0.328 e. The van der Waals surface area contributed by atoms with Crippen molar-refractivity contribution >= 4 is 23.8 Å². The minimum Gasteiger partial charge on any atom is -0.478 e. The van der Waals surface area contributed by atoms with Crippen molar-refractivity contribution in [3.8, 4) is 0 Å². The molecular weight excluding hydrogens is 286 g/mol. The van der Waals surface area contributed by atoms with Crippen LogP contribution < -0.4 is 0 Å². The molecule has 1 aliphatic carbocycles. The van der Waals surface area contributed by atoms with Gasteiger partial charge in [0.05, 0.1) is 5.92 Å². The first-order chi connectivity index (χ1) is 9.70. The van der Waals surface area contributed by atoms with Gasteiger partial charge in [0.1, 0.15) is 0 Å². The van der Waals surface area contributed by atoms with Gasteiger partial charge in [0, 0.05) is 12.2 Å². The van der Waals surface area contributed by atoms with Crippen molar-refractivity contribution in [3.63, 3.8) is 0 Å². The van der Waals surface area contributed by atoms with Crippen molar-refractivity contribution in [3.05, 3.63) is 12.2 Å². The molecule has 2 fully saturated rings. The van der Waals surface area contributed by atoms with Gasteiger partial charge in [0.2, 0.25) is 0 Å². The number of aliphatic carboxylic acids is 2. The first-order valence-electron chi connectivity index (χ1n) is 6.13. The number of amides is 2. The Kier molecular flexibility index (Phi) is 5.17. The van der Waals surface area contributed by atoms with Crippen LogP contribution in [0.2, 0.25) is 0 Å². The molecule has 116 valence electrons. The summed E-state index contributed by atoms with van der Waals surface area (Å²) in [5, 5.41) is 34.6. The van der Waals surface area contributed by atoms with Crippen LogP contribution in [0.3, 0.4) is 0 Å². The van der Waals surface area contributed by atoms with Crippen LogP contribution in [0.1, 0.15) is 25.7 Å². The summed E-state index contributed by atoms with van der Waals surface area (Å²) in [6.45, 7) is 0. The molecule has 0 bridgehead atoms. The zero-order valence-electron chi connectivity index (χ0n) is 10.9. The van der Waals surface area contributed by atoms with Crippen LogP contribution in [-0.4, -0.2) is 54.9 Å². The summed E-state index contributed by atoms with van der Waals surface area (Å²) in [5.74, 6) is -4.76. The number of nitrogens with zero attached hydrogens (tertiary/aromatic N) is 1. The van der Waals surface area contributed by atoms with Crippen molar-refractivity contribution in [1.29, 1.82) is 0 Å². The van der Waals surface area contributed by atoms with Crippen molar-refractivity contribution in [2.75, 3.05) is 0 Å². The van der Waals surface area contributed by atoms with Gasteiger partial charge in [0.25, 0.3) is 11.8 Å². The number of aliphatic hydroxyl groups is 1. The quantitative estimate of drug-likeness (QED) is 0.299. The lowest BCUT2D eigenvalue weighted by Gasteiger charge is -2.29. The Labute approximate surface area is 119 Å². The zero-order chi connectivity index (χ0) is 16.2. The van der Waals surface area contributed by atoms with E-state index in [0.717, 1.165) is 12.8 Å². The largest absolute Gasteiger partial charge is 0.478 e. The molecule has 2 aliphatic rings. The van der Waals surface area contributed by atoms with Crippen molar-refractivity contribution < 1.29 is 39.7 Å². The van der Waals surface area contributed by atoms with Gasteiger partial charge in [0.15, 0.2) is 5.60 Å². The van der Waals surface area contributed by atoms with Crippen molar-refractivity contribution in [2.24, 2.45) is 5.92 Å². The van der Waals surface area contributed by atoms with E-state index in [1.54, 1.807) is 0 Å². The lowest BCUT2D eigenvalue weighted by Crippen LogP contribution is -2.44. The highest BCUT2D eigenvalue weighted by Crippen LogP contribution is 2.40. The maximum atomic E-state index is 11.3. The number of carbonyl (C=O) groups is 4. The summed E-state index contributed by atoms with van der Waals surface area (Å²) >= 11 is 0. The number of hydroxylamine groups is 2. The fourth-order valence-electron chi connectivity index (χ4n) is 2.31. The van der Waals surface area contributed by atoms with Gasteiger partial charge in [-0.1, -0.05) is 6.42 Å². The number of carboxylic acids is 2. The van der Waals surface area contributed by atoms with E-state index in [4.69, 9.17) is 15.4 Å². The molecule has 1 saturated carbocycles. The molecule has 0 spiro atoms. The molecule has 1 saturated heterocycles. The third kappa shape index (κ3) is 3.64. The van der Waals surface area contributed by atoms with Gasteiger partial charge >= 0.3 is 11.9 Å². The highest BCUT2D eigenvalue weighted by molar-refractivity contribution is 6.07. The fourth-order valence-corrected chi connectivity index (χ4v) is 2.31. The Morgan fingerprint density at radius 3 is 2.10 bits per heavy atom. The number of rotatable bonds is 2. The molecule has 1 aliphatic heterocycles. The van der Waals surface area contributed by atoms with Crippen LogP contribution >= 0.6 is 0 Å². The molecule has 0 aromatic carbocycles. The second-order valence-corrected chi connectivity index (χ2v) is 4.69. The molecule has 1 heterocycles. The number of imide groups is 1. The van der Waals surface area contributed by atoms with Crippen LogP contribution in [0, 0.1) is 5.92 Å². The molecule has 2 atom stereocenters. The molecule has 2 amide bonds. The first-order valence-corrected chi connectivity index (χ1v) is 6.13. The Balaban J connectivity index is 0.000000240. The second-order valence-electron chi connectivity index (χ2n) is 4.69. The topological polar surface area (TPSA) is 152 Å². The van der Waals surface area contributed by atoms with Gasteiger partial charge in [-0.3, -0.25) is 14.8 Å². The summed E-state index contributed by atoms with van der Waals surface area (Å²) in [4.78, 5) is 41.6. The SMILES string of the molecule is O=C(O)/C=C\C(=O)O.O=C1C2CCCCC2(O)C(=O)N1O. The second kappa shape index (κ2) is 6.46. The third-order valence-corrected chi connectivity index (χ3v) is 3.32. The van der Waals surface area contributed by atoms with E-state index < -0.39 is 35.3 Å². The summed E-state index contributed by atoms with van der Waals surface area (Å²) in [6, 6.07) is 0. The molecule has 2 unspecified atom stereocenters. The highest BCUT2D eigenvalue weighted by Gasteiger charge is 2.59. The Hall–Kier alpha value is -2.26. The van der Waals surface area contributed by atoms with Crippen molar-refractivity contribution in [2.45, 2.75) is 31.3 Å². The van der Waals surface area contributed by atoms with Gasteiger partial charge in [-0.2, -0.15) is 5.06 Å². The van der Waals surface area contributed by atoms with Crippen LogP contribution in [0.15, 0.2) is 12.2 Å². The van der Waals surface area contributed by atoms with Gasteiger partial charge in [-0.15, -0.1) is 0 Å². The molecule has 0 radical (unpaired) electrons. The summed E-state index contributed by atoms with van der Waals surface area (Å²) in [5.41, 5.74) is -1.62. The summed E-state index contributed by atoms with van der Waals surface area (Å²) in [6.07, 6.45) is 3.42. The van der Waals surface area contributed by atoms with Gasteiger partial charge in [-0.05, 0) is 19.3 Å². The molecule has 4 N–H and O–H groups in total. The lowest BCUT2D eigenvalue weighted by atomic mass is 9.77. The minimum absolute atomic E-state index is 0.0655. The zero-order valence-corrected chi connectivity index (χ0v) is 10.9. The van der Waals surface area contributed by atoms with E-state index in [9.17, 15) is 24.3 Å². The van der Waals surface area contributed by atoms with Crippen LogP contribution in [-0.2, 0) is 19.2 Å². The number of hydrogen-bond acceptors (Lipinski definition) is 6. The molecule has 21 heavy (non-hydrogen) atoms. The monoisotopic (exact) mass is 301 g/mol. The minimum atomic E-state index is -1.62. The number of carboxylic acid groups (broad SMARTS) is 2. The van der Waals surface area contributed by atoms with Crippen molar-refractivity contribution in [1.82, 2.24) is 5.06 Å². The summed E-state index contributed by atoms with van der Waals surface area (Å²) < 4.78 is 0. The van der Waals surface area contributed by atoms with Crippen LogP contribution in [0.25, 0.3) is 0 Å². The van der Waals surface area contributed by atoms with E-state index >= 15 is 0 Å². The smallest absolute Gasteiger partial charge is 0.328 e. The average molecular weight is 301 g/mol. The number of carbonyl (C=O) groups excluding carboxylic acids is 2. The van der Waals surface area contributed by atoms with E-state index in [2.05, 4.69) is 0 Å². The molecule has 9 nitrogen and oxygen atoms in total. The first kappa shape index (κ1) is 16.8. The predicted molar refractivity (Wildman–Crippen MR) is 65.0 cm³/mol. The lowest BCUT2D eigenvalue weighted by molar-refractivity contribution is -0.177. The van der Waals surface area contributed by atoms with Crippen LogP contribution in [0.5, 0.6) is 0 Å². The van der Waals surface area contributed by atoms with Gasteiger partial charge < -0.3 is 15.3 Å². The summed E-state index contributed by atoms with van der Waals surface area (Å²) in [7, 11) is 0. The third-order valence-electron chi connectivity index (χ3n) is 3.32. The number of fused-ring (bicyclic) bond motifs is 1. The Morgan fingerprint density at radius 1 is 1.14 bits per heavy atom. The van der Waals surface area contributed by atoms with E-state index in [1.807, 2.05) is 0 Å². The Bertz CT molecular complexity index is 483. The van der Waals surface area contributed by atoms with Gasteiger partial charge in [-0.25, -0.2) is 9.59 Å². The predicted octanol–water partition coefficient (Wildman–Crippen LogP) is -0.622. The molecule has 0 aromatic rings. The number of hydrogen-bond donors (Lipinski definition) is 4. The normalized spacial score (nSPS) is 28.1. The fraction of sp³-hybridized carbons (Fsp3) is 0.500.